The maximum Gasteiger partial charge on any atom is 0.110 e. The number of nitrogens with one attached hydrogen (secondary N) is 2. The van der Waals surface area contributed by atoms with Gasteiger partial charge in [-0.15, -0.1) is 0 Å². The molecular weight excluding hydrogens is 216 g/mol. The van der Waals surface area contributed by atoms with Crippen molar-refractivity contribution in [3.8, 4) is 0 Å². The quantitative estimate of drug-likeness (QED) is 0.779. The summed E-state index contributed by atoms with van der Waals surface area (Å²) in [6.07, 6.45) is 6.42. The van der Waals surface area contributed by atoms with E-state index in [4.69, 9.17) is 0 Å². The van der Waals surface area contributed by atoms with E-state index in [2.05, 4.69) is 44.1 Å². The van der Waals surface area contributed by atoms with Crippen molar-refractivity contribution in [2.45, 2.75) is 32.9 Å². The molecule has 0 amide bonds. The van der Waals surface area contributed by atoms with Gasteiger partial charge in [0.2, 0.25) is 0 Å². The highest BCUT2D eigenvalue weighted by atomic mass is 15.3. The molecule has 0 saturated carbocycles. The molecule has 17 heavy (non-hydrogen) atoms. The second-order valence-electron chi connectivity index (χ2n) is 3.84. The summed E-state index contributed by atoms with van der Waals surface area (Å²) < 4.78 is 2.14. The van der Waals surface area contributed by atoms with Crippen molar-refractivity contribution in [3.05, 3.63) is 30.1 Å². The minimum absolute atomic E-state index is 0.159. The number of nitrogens with zero attached hydrogens (tertiary/aromatic N) is 4. The van der Waals surface area contributed by atoms with E-state index in [0.29, 0.717) is 0 Å². The van der Waals surface area contributed by atoms with Gasteiger partial charge >= 0.3 is 0 Å². The molecule has 2 heterocycles. The lowest BCUT2D eigenvalue weighted by Gasteiger charge is -2.15. The van der Waals surface area contributed by atoms with E-state index in [0.717, 1.165) is 31.0 Å². The molecule has 6 heteroatoms. The molecule has 6 nitrogen and oxygen atoms in total. The predicted molar refractivity (Wildman–Crippen MR) is 64.4 cm³/mol. The van der Waals surface area contributed by atoms with Crippen molar-refractivity contribution in [1.82, 2.24) is 30.3 Å². The summed E-state index contributed by atoms with van der Waals surface area (Å²) in [7, 11) is 0. The van der Waals surface area contributed by atoms with Crippen LogP contribution < -0.4 is 5.32 Å². The molecule has 2 aromatic rings. The van der Waals surface area contributed by atoms with Gasteiger partial charge in [-0.3, -0.25) is 0 Å². The van der Waals surface area contributed by atoms with Crippen LogP contribution in [0.15, 0.2) is 18.6 Å². The van der Waals surface area contributed by atoms with E-state index < -0.39 is 0 Å². The van der Waals surface area contributed by atoms with Crippen LogP contribution in [0.1, 0.15) is 31.4 Å². The number of aromatic nitrogens is 5. The molecule has 0 aliphatic carbocycles. The molecule has 0 aromatic carbocycles. The zero-order chi connectivity index (χ0) is 12.1. The fourth-order valence-corrected chi connectivity index (χ4v) is 1.91. The van der Waals surface area contributed by atoms with Gasteiger partial charge in [0.05, 0.1) is 17.9 Å². The lowest BCUT2D eigenvalue weighted by molar-refractivity contribution is 0.510. The van der Waals surface area contributed by atoms with Crippen LogP contribution in [0.5, 0.6) is 0 Å². The van der Waals surface area contributed by atoms with Gasteiger partial charge in [0.1, 0.15) is 5.82 Å². The first-order chi connectivity index (χ1) is 8.35. The van der Waals surface area contributed by atoms with Gasteiger partial charge in [0.15, 0.2) is 0 Å². The zero-order valence-electron chi connectivity index (χ0n) is 10.2. The predicted octanol–water partition coefficient (Wildman–Crippen LogP) is 0.914. The molecule has 0 saturated heterocycles. The molecule has 1 atom stereocenters. The normalized spacial score (nSPS) is 12.8. The Morgan fingerprint density at radius 1 is 1.47 bits per heavy atom. The van der Waals surface area contributed by atoms with Gasteiger partial charge in [-0.2, -0.15) is 15.4 Å². The number of H-pyrrole nitrogens is 1. The fraction of sp³-hybridized carbons (Fsp3) is 0.545. The monoisotopic (exact) mass is 234 g/mol. The number of aromatic amines is 1. The molecule has 0 aliphatic rings. The molecule has 92 valence electrons. The topological polar surface area (TPSA) is 71.4 Å². The molecule has 0 aliphatic heterocycles. The van der Waals surface area contributed by atoms with Crippen LogP contribution in [0.2, 0.25) is 0 Å². The summed E-state index contributed by atoms with van der Waals surface area (Å²) in [6.45, 7) is 6.03. The number of likely N-dealkylation sites (N-methyl/N-ethyl adjacent to an activating group) is 1. The Labute approximate surface area is 100 Å². The largest absolute Gasteiger partial charge is 0.335 e. The van der Waals surface area contributed by atoms with Crippen molar-refractivity contribution in [2.24, 2.45) is 0 Å². The molecule has 0 radical (unpaired) electrons. The average Bonchev–Trinajstić information content (AvgIpc) is 2.99. The maximum atomic E-state index is 4.38. The number of hydrogen-bond acceptors (Lipinski definition) is 4. The minimum atomic E-state index is 0.159. The van der Waals surface area contributed by atoms with Gasteiger partial charge in [0, 0.05) is 25.4 Å². The van der Waals surface area contributed by atoms with Gasteiger partial charge < -0.3 is 9.88 Å². The standard InChI is InChI=1S/C11H18N6/c1-3-12-9(10-8-14-16-15-10)7-11-13-5-6-17(11)4-2/h5-6,8-9,12H,3-4,7H2,1-2H3,(H,14,15,16). The van der Waals surface area contributed by atoms with Crippen LogP contribution in [0, 0.1) is 0 Å². The number of hydrogen-bond donors (Lipinski definition) is 2. The van der Waals surface area contributed by atoms with Crippen LogP contribution >= 0.6 is 0 Å². The van der Waals surface area contributed by atoms with Crippen LogP contribution in [0.25, 0.3) is 0 Å². The molecule has 1 unspecified atom stereocenters. The molecule has 0 bridgehead atoms. The average molecular weight is 234 g/mol. The lowest BCUT2D eigenvalue weighted by Crippen LogP contribution is -2.24. The van der Waals surface area contributed by atoms with E-state index in [9.17, 15) is 0 Å². The molecule has 0 spiro atoms. The van der Waals surface area contributed by atoms with Gasteiger partial charge in [-0.05, 0) is 13.5 Å². The zero-order valence-corrected chi connectivity index (χ0v) is 10.2. The third-order valence-electron chi connectivity index (χ3n) is 2.77. The molecule has 2 aromatic heterocycles. The highest BCUT2D eigenvalue weighted by molar-refractivity contribution is 5.05. The smallest absolute Gasteiger partial charge is 0.110 e. The second-order valence-corrected chi connectivity index (χ2v) is 3.84. The summed E-state index contributed by atoms with van der Waals surface area (Å²) >= 11 is 0. The highest BCUT2D eigenvalue weighted by Gasteiger charge is 2.16. The summed E-state index contributed by atoms with van der Waals surface area (Å²) in [5.74, 6) is 1.07. The van der Waals surface area contributed by atoms with Crippen molar-refractivity contribution >= 4 is 0 Å². The van der Waals surface area contributed by atoms with E-state index in [1.165, 1.54) is 0 Å². The Balaban J connectivity index is 2.13. The lowest BCUT2D eigenvalue weighted by atomic mass is 10.1. The number of rotatable bonds is 6. The van der Waals surface area contributed by atoms with Crippen LogP contribution in [0.4, 0.5) is 0 Å². The van der Waals surface area contributed by atoms with Crippen LogP contribution in [-0.4, -0.2) is 31.5 Å². The molecule has 0 fully saturated rings. The Morgan fingerprint density at radius 3 is 3.00 bits per heavy atom. The Hall–Kier alpha value is -1.69. The van der Waals surface area contributed by atoms with Crippen molar-refractivity contribution < 1.29 is 0 Å². The number of imidazole rings is 1. The van der Waals surface area contributed by atoms with Gasteiger partial charge in [-0.25, -0.2) is 4.98 Å². The van der Waals surface area contributed by atoms with Crippen molar-refractivity contribution in [2.75, 3.05) is 6.54 Å². The van der Waals surface area contributed by atoms with E-state index >= 15 is 0 Å². The molecule has 2 rings (SSSR count). The Bertz CT molecular complexity index is 433. The summed E-state index contributed by atoms with van der Waals surface area (Å²) in [5.41, 5.74) is 0.928. The fourth-order valence-electron chi connectivity index (χ4n) is 1.91. The summed E-state index contributed by atoms with van der Waals surface area (Å²) in [6, 6.07) is 0.159. The summed E-state index contributed by atoms with van der Waals surface area (Å²) in [4.78, 5) is 4.38. The summed E-state index contributed by atoms with van der Waals surface area (Å²) in [5, 5.41) is 14.0. The van der Waals surface area contributed by atoms with E-state index in [-0.39, 0.29) is 6.04 Å². The van der Waals surface area contributed by atoms with Crippen LogP contribution in [-0.2, 0) is 13.0 Å². The second kappa shape index (κ2) is 5.58. The first-order valence-electron chi connectivity index (χ1n) is 5.94. The van der Waals surface area contributed by atoms with Crippen LogP contribution in [0.3, 0.4) is 0 Å². The SMILES string of the molecule is CCNC(Cc1nccn1CC)c1cn[nH]n1. The van der Waals surface area contributed by atoms with E-state index in [1.807, 2.05) is 12.4 Å². The molecule has 2 N–H and O–H groups in total. The minimum Gasteiger partial charge on any atom is -0.335 e. The van der Waals surface area contributed by atoms with Gasteiger partial charge in [0.25, 0.3) is 0 Å². The Morgan fingerprint density at radius 2 is 2.35 bits per heavy atom. The van der Waals surface area contributed by atoms with Gasteiger partial charge in [-0.1, -0.05) is 6.92 Å². The van der Waals surface area contributed by atoms with Crippen molar-refractivity contribution in [1.29, 1.82) is 0 Å². The molecular formula is C11H18N6. The number of aryl methyl sites for hydroxylation is 1. The first kappa shape index (κ1) is 11.8. The highest BCUT2D eigenvalue weighted by Crippen LogP contribution is 2.14. The third kappa shape index (κ3) is 2.71. The Kier molecular flexibility index (Phi) is 3.87. The van der Waals surface area contributed by atoms with Crippen molar-refractivity contribution in [3.63, 3.8) is 0 Å². The first-order valence-corrected chi connectivity index (χ1v) is 5.94. The third-order valence-corrected chi connectivity index (χ3v) is 2.77. The van der Waals surface area contributed by atoms with E-state index in [1.54, 1.807) is 6.20 Å². The maximum absolute atomic E-state index is 4.38.